The number of amides is 1. The molecule has 0 radical (unpaired) electrons. The molecule has 0 fully saturated rings. The zero-order valence-electron chi connectivity index (χ0n) is 25.7. The van der Waals surface area contributed by atoms with Crippen molar-refractivity contribution < 1.29 is 23.8 Å². The fourth-order valence-corrected chi connectivity index (χ4v) is 7.04. The molecule has 3 aromatic carbocycles. The Hall–Kier alpha value is -5.35. The first-order valence-corrected chi connectivity index (χ1v) is 16.1. The van der Waals surface area contributed by atoms with Crippen LogP contribution < -0.4 is 15.0 Å². The largest absolute Gasteiger partial charge is 0.506 e. The molecule has 0 bridgehead atoms. The number of phenolic OH excluding ortho intramolecular Hbond substituents is 1. The van der Waals surface area contributed by atoms with Gasteiger partial charge in [0.15, 0.2) is 5.78 Å². The number of halogens is 1. The fourth-order valence-electron chi connectivity index (χ4n) is 6.24. The lowest BCUT2D eigenvalue weighted by Crippen LogP contribution is -2.40. The molecule has 1 aliphatic heterocycles. The molecule has 3 heterocycles. The van der Waals surface area contributed by atoms with Crippen LogP contribution in [0.2, 0.25) is 0 Å². The van der Waals surface area contributed by atoms with Crippen molar-refractivity contribution in [3.05, 3.63) is 131 Å². The minimum atomic E-state index is -1.16. The summed E-state index contributed by atoms with van der Waals surface area (Å²) in [4.78, 5) is 38.8. The lowest BCUT2D eigenvalue weighted by molar-refractivity contribution is -0.118. The Morgan fingerprint density at radius 3 is 2.62 bits per heavy atom. The van der Waals surface area contributed by atoms with E-state index < -0.39 is 23.2 Å². The second-order valence-corrected chi connectivity index (χ2v) is 13.3. The van der Waals surface area contributed by atoms with E-state index in [1.54, 1.807) is 54.2 Å². The third-order valence-electron chi connectivity index (χ3n) is 8.39. The first-order valence-electron chi connectivity index (χ1n) is 15.2. The molecule has 7 rings (SSSR count). The monoisotopic (exact) mass is 646 g/mol. The maximum atomic E-state index is 16.4. The van der Waals surface area contributed by atoms with Gasteiger partial charge in [0.1, 0.15) is 40.3 Å². The number of Topliss-reactive ketones (excluding diaryl/α,β-unsaturated/α-hetero) is 1. The number of aromatic hydroxyl groups is 1. The van der Waals surface area contributed by atoms with Crippen LogP contribution in [0, 0.1) is 11.2 Å². The molecule has 47 heavy (non-hydrogen) atoms. The summed E-state index contributed by atoms with van der Waals surface area (Å²) in [7, 11) is 0. The highest BCUT2D eigenvalue weighted by molar-refractivity contribution is 7.13. The highest BCUT2D eigenvalue weighted by Gasteiger charge is 2.45. The van der Waals surface area contributed by atoms with E-state index in [2.05, 4.69) is 15.3 Å². The van der Waals surface area contributed by atoms with E-state index in [-0.39, 0.29) is 47.1 Å². The normalized spacial score (nSPS) is 17.0. The Bertz CT molecular complexity index is 2030. The maximum absolute atomic E-state index is 16.4. The van der Waals surface area contributed by atoms with Crippen molar-refractivity contribution in [3.63, 3.8) is 0 Å². The van der Waals surface area contributed by atoms with E-state index in [1.165, 1.54) is 28.4 Å². The standard InChI is InChI=1S/C37H31FN4O4S/c1-37(2)18-27-32(31(44)19-37)34(25-12-11-24(17-26(25)38)46-20-22-7-4-3-5-8-22)42(29-9-6-10-30(43)33(29)40-27)36(45)28-21-47-35(41-28)23-13-15-39-16-14-23/h3-17,21,34,40,43H,18-20H2,1-2H3. The Kier molecular flexibility index (Phi) is 7.81. The minimum Gasteiger partial charge on any atom is -0.506 e. The van der Waals surface area contributed by atoms with E-state index in [9.17, 15) is 14.7 Å². The van der Waals surface area contributed by atoms with Gasteiger partial charge in [0.2, 0.25) is 0 Å². The van der Waals surface area contributed by atoms with Gasteiger partial charge in [-0.25, -0.2) is 9.37 Å². The summed E-state index contributed by atoms with van der Waals surface area (Å²) < 4.78 is 22.3. The van der Waals surface area contributed by atoms with Crippen LogP contribution in [-0.2, 0) is 11.4 Å². The molecule has 0 spiro atoms. The van der Waals surface area contributed by atoms with Gasteiger partial charge in [-0.1, -0.05) is 50.2 Å². The lowest BCUT2D eigenvalue weighted by Gasteiger charge is -2.37. The average molecular weight is 647 g/mol. The highest BCUT2D eigenvalue weighted by Crippen LogP contribution is 2.51. The van der Waals surface area contributed by atoms with Crippen molar-refractivity contribution in [1.82, 2.24) is 9.97 Å². The Morgan fingerprint density at radius 1 is 1.06 bits per heavy atom. The third kappa shape index (κ3) is 5.88. The number of thiazole rings is 1. The van der Waals surface area contributed by atoms with Crippen LogP contribution in [0.5, 0.6) is 11.5 Å². The summed E-state index contributed by atoms with van der Waals surface area (Å²) >= 11 is 1.29. The number of carbonyl (C=O) groups excluding carboxylic acids is 2. The summed E-state index contributed by atoms with van der Waals surface area (Å²) in [5, 5.41) is 16.6. The first kappa shape index (κ1) is 30.3. The summed E-state index contributed by atoms with van der Waals surface area (Å²) in [6.07, 6.45) is 3.95. The zero-order chi connectivity index (χ0) is 32.7. The van der Waals surface area contributed by atoms with Crippen molar-refractivity contribution in [3.8, 4) is 22.1 Å². The molecule has 1 amide bonds. The number of carbonyl (C=O) groups is 2. The maximum Gasteiger partial charge on any atom is 0.278 e. The van der Waals surface area contributed by atoms with E-state index in [0.29, 0.717) is 28.6 Å². The molecule has 0 saturated heterocycles. The zero-order valence-corrected chi connectivity index (χ0v) is 26.6. The van der Waals surface area contributed by atoms with Crippen LogP contribution in [0.3, 0.4) is 0 Å². The molecular formula is C37H31FN4O4S. The molecule has 236 valence electrons. The number of aromatic nitrogens is 2. The van der Waals surface area contributed by atoms with Crippen molar-refractivity contribution in [2.45, 2.75) is 39.3 Å². The molecule has 2 aromatic heterocycles. The van der Waals surface area contributed by atoms with Crippen LogP contribution in [0.25, 0.3) is 10.6 Å². The van der Waals surface area contributed by atoms with Crippen molar-refractivity contribution in [2.24, 2.45) is 5.41 Å². The second kappa shape index (κ2) is 12.1. The van der Waals surface area contributed by atoms with Gasteiger partial charge < -0.3 is 15.2 Å². The summed E-state index contributed by atoms with van der Waals surface area (Å²) in [5.41, 5.74) is 2.92. The molecule has 1 aliphatic carbocycles. The van der Waals surface area contributed by atoms with Gasteiger partial charge in [-0.15, -0.1) is 11.3 Å². The van der Waals surface area contributed by atoms with Crippen LogP contribution in [-0.4, -0.2) is 26.8 Å². The molecule has 8 nitrogen and oxygen atoms in total. The number of benzene rings is 3. The number of allylic oxidation sites excluding steroid dienone is 1. The van der Waals surface area contributed by atoms with Crippen molar-refractivity contribution >= 4 is 34.4 Å². The van der Waals surface area contributed by atoms with E-state index in [0.717, 1.165) is 11.1 Å². The van der Waals surface area contributed by atoms with Gasteiger partial charge in [-0.05, 0) is 53.8 Å². The SMILES string of the molecule is CC1(C)CC(=O)C2=C(C1)Nc1c(O)cccc1N(C(=O)c1csc(-c3ccncc3)n1)C2c1ccc(OCc2ccccc2)cc1F. The van der Waals surface area contributed by atoms with Gasteiger partial charge in [-0.3, -0.25) is 19.5 Å². The van der Waals surface area contributed by atoms with E-state index in [4.69, 9.17) is 4.74 Å². The second-order valence-electron chi connectivity index (χ2n) is 12.4. The molecule has 0 saturated carbocycles. The quantitative estimate of drug-likeness (QED) is 0.180. The Morgan fingerprint density at radius 2 is 1.85 bits per heavy atom. The van der Waals surface area contributed by atoms with Gasteiger partial charge >= 0.3 is 0 Å². The predicted octanol–water partition coefficient (Wildman–Crippen LogP) is 8.09. The van der Waals surface area contributed by atoms with Crippen molar-refractivity contribution in [1.29, 1.82) is 0 Å². The number of hydrogen-bond donors (Lipinski definition) is 2. The Labute approximate surface area is 275 Å². The van der Waals surface area contributed by atoms with E-state index in [1.807, 2.05) is 44.2 Å². The fraction of sp³-hybridized carbons (Fsp3) is 0.189. The predicted molar refractivity (Wildman–Crippen MR) is 179 cm³/mol. The number of ether oxygens (including phenoxy) is 1. The van der Waals surface area contributed by atoms with Crippen LogP contribution in [0.15, 0.2) is 108 Å². The van der Waals surface area contributed by atoms with E-state index >= 15 is 4.39 Å². The van der Waals surface area contributed by atoms with Gasteiger partial charge in [0.25, 0.3) is 5.91 Å². The molecule has 2 aliphatic rings. The minimum absolute atomic E-state index is 0.107. The van der Waals surface area contributed by atoms with Gasteiger partial charge in [0, 0.05) is 52.7 Å². The molecular weight excluding hydrogens is 615 g/mol. The van der Waals surface area contributed by atoms with Crippen LogP contribution in [0.4, 0.5) is 15.8 Å². The molecule has 2 N–H and O–H groups in total. The summed E-state index contributed by atoms with van der Waals surface area (Å²) in [6, 6.07) is 21.3. The number of nitrogens with zero attached hydrogens (tertiary/aromatic N) is 3. The third-order valence-corrected chi connectivity index (χ3v) is 9.28. The highest BCUT2D eigenvalue weighted by atomic mass is 32.1. The number of pyridine rings is 1. The molecule has 10 heteroatoms. The summed E-state index contributed by atoms with van der Waals surface area (Å²) in [6.45, 7) is 4.22. The average Bonchev–Trinajstić information content (AvgIpc) is 3.50. The number of fused-ring (bicyclic) bond motifs is 1. The number of para-hydroxylation sites is 1. The smallest absolute Gasteiger partial charge is 0.278 e. The lowest BCUT2D eigenvalue weighted by atomic mass is 9.73. The number of anilines is 2. The van der Waals surface area contributed by atoms with Gasteiger partial charge in [0.05, 0.1) is 11.7 Å². The Balaban J connectivity index is 1.38. The van der Waals surface area contributed by atoms with Crippen molar-refractivity contribution in [2.75, 3.05) is 10.2 Å². The topological polar surface area (TPSA) is 105 Å². The molecule has 5 aromatic rings. The summed E-state index contributed by atoms with van der Waals surface area (Å²) in [5.74, 6) is -1.19. The molecule has 1 unspecified atom stereocenters. The number of rotatable bonds is 6. The van der Waals surface area contributed by atoms with Crippen LogP contribution >= 0.6 is 11.3 Å². The van der Waals surface area contributed by atoms with Crippen LogP contribution in [0.1, 0.15) is 54.3 Å². The number of hydrogen-bond acceptors (Lipinski definition) is 8. The molecule has 1 atom stereocenters. The number of phenols is 1. The number of nitrogens with one attached hydrogen (secondary N) is 1. The number of ketones is 1. The first-order chi connectivity index (χ1) is 22.7. The van der Waals surface area contributed by atoms with Gasteiger partial charge in [-0.2, -0.15) is 0 Å².